The van der Waals surface area contributed by atoms with Crippen LogP contribution in [0, 0.1) is 12.7 Å². The van der Waals surface area contributed by atoms with Crippen molar-refractivity contribution in [3.8, 4) is 0 Å². The van der Waals surface area contributed by atoms with Crippen LogP contribution < -0.4 is 10.6 Å². The lowest BCUT2D eigenvalue weighted by atomic mass is 9.90. The first-order valence-electron chi connectivity index (χ1n) is 7.12. The number of halogens is 1. The van der Waals surface area contributed by atoms with E-state index in [1.165, 1.54) is 17.0 Å². The molecule has 2 aliphatic heterocycles. The van der Waals surface area contributed by atoms with Crippen LogP contribution in [-0.2, 0) is 11.3 Å². The van der Waals surface area contributed by atoms with Gasteiger partial charge in [0.05, 0.1) is 6.54 Å². The van der Waals surface area contributed by atoms with Gasteiger partial charge < -0.3 is 10.6 Å². The van der Waals surface area contributed by atoms with E-state index in [0.29, 0.717) is 18.5 Å². The number of nitrogens with one attached hydrogen (secondary N) is 2. The summed E-state index contributed by atoms with van der Waals surface area (Å²) in [5.41, 5.74) is 0.690. The maximum absolute atomic E-state index is 13.3. The van der Waals surface area contributed by atoms with Crippen molar-refractivity contribution < 1.29 is 14.0 Å². The zero-order chi connectivity index (χ0) is 15.0. The zero-order valence-electron chi connectivity index (χ0n) is 11.9. The predicted octanol–water partition coefficient (Wildman–Crippen LogP) is 1.31. The highest BCUT2D eigenvalue weighted by Crippen LogP contribution is 2.27. The molecule has 21 heavy (non-hydrogen) atoms. The topological polar surface area (TPSA) is 61.4 Å². The van der Waals surface area contributed by atoms with Crippen molar-refractivity contribution in [3.05, 3.63) is 35.1 Å². The van der Waals surface area contributed by atoms with Crippen LogP contribution in [0.5, 0.6) is 0 Å². The number of carbonyl (C=O) groups excluding carboxylic acids is 2. The number of imide groups is 1. The smallest absolute Gasteiger partial charge is 0.322 e. The number of urea groups is 1. The number of hydrogen-bond donors (Lipinski definition) is 2. The maximum atomic E-state index is 13.3. The summed E-state index contributed by atoms with van der Waals surface area (Å²) in [5, 5.41) is 5.96. The van der Waals surface area contributed by atoms with Gasteiger partial charge in [-0.25, -0.2) is 9.18 Å². The van der Waals surface area contributed by atoms with Gasteiger partial charge in [0, 0.05) is 6.54 Å². The molecule has 112 valence electrons. The van der Waals surface area contributed by atoms with Gasteiger partial charge in [-0.2, -0.15) is 0 Å². The van der Waals surface area contributed by atoms with Crippen LogP contribution >= 0.6 is 0 Å². The van der Waals surface area contributed by atoms with Crippen molar-refractivity contribution >= 4 is 11.9 Å². The van der Waals surface area contributed by atoms with Crippen LogP contribution in [0.25, 0.3) is 0 Å². The van der Waals surface area contributed by atoms with E-state index in [0.717, 1.165) is 18.5 Å². The van der Waals surface area contributed by atoms with Gasteiger partial charge in [0.25, 0.3) is 5.91 Å². The highest BCUT2D eigenvalue weighted by Gasteiger charge is 2.51. The fourth-order valence-electron chi connectivity index (χ4n) is 3.00. The Kier molecular flexibility index (Phi) is 3.41. The molecule has 0 bridgehead atoms. The van der Waals surface area contributed by atoms with E-state index in [2.05, 4.69) is 10.6 Å². The second-order valence-corrected chi connectivity index (χ2v) is 5.75. The highest BCUT2D eigenvalue weighted by molar-refractivity contribution is 6.07. The van der Waals surface area contributed by atoms with E-state index < -0.39 is 11.6 Å². The molecule has 0 saturated carbocycles. The van der Waals surface area contributed by atoms with Crippen molar-refractivity contribution in [1.82, 2.24) is 15.5 Å². The number of amides is 3. The molecule has 3 amide bonds. The molecule has 6 heteroatoms. The Balaban J connectivity index is 1.84. The highest BCUT2D eigenvalue weighted by atomic mass is 19.1. The number of hydrogen-bond acceptors (Lipinski definition) is 3. The summed E-state index contributed by atoms with van der Waals surface area (Å²) >= 11 is 0. The molecule has 1 spiro atoms. The molecule has 1 unspecified atom stereocenters. The summed E-state index contributed by atoms with van der Waals surface area (Å²) in [7, 11) is 0. The summed E-state index contributed by atoms with van der Waals surface area (Å²) in [6, 6.07) is 4.01. The van der Waals surface area contributed by atoms with Crippen molar-refractivity contribution in [2.24, 2.45) is 0 Å². The van der Waals surface area contributed by atoms with Gasteiger partial charge in [0.15, 0.2) is 0 Å². The lowest BCUT2D eigenvalue weighted by molar-refractivity contribution is -0.132. The lowest BCUT2D eigenvalue weighted by Gasteiger charge is -2.31. The molecule has 2 aliphatic rings. The zero-order valence-corrected chi connectivity index (χ0v) is 11.9. The number of benzene rings is 1. The minimum absolute atomic E-state index is 0.107. The third-order valence-corrected chi connectivity index (χ3v) is 4.27. The second kappa shape index (κ2) is 5.11. The number of rotatable bonds is 2. The average molecular weight is 291 g/mol. The summed E-state index contributed by atoms with van der Waals surface area (Å²) in [5.74, 6) is -0.583. The molecule has 1 aromatic carbocycles. The van der Waals surface area contributed by atoms with E-state index in [1.807, 2.05) is 6.92 Å². The van der Waals surface area contributed by atoms with Gasteiger partial charge >= 0.3 is 6.03 Å². The molecule has 1 aromatic rings. The largest absolute Gasteiger partial charge is 0.325 e. The van der Waals surface area contributed by atoms with Gasteiger partial charge in [-0.05, 0) is 49.6 Å². The number of carbonyl (C=O) groups is 2. The van der Waals surface area contributed by atoms with Crippen molar-refractivity contribution in [1.29, 1.82) is 0 Å². The van der Waals surface area contributed by atoms with E-state index in [4.69, 9.17) is 0 Å². The van der Waals surface area contributed by atoms with Crippen molar-refractivity contribution in [2.75, 3.05) is 13.1 Å². The fraction of sp³-hybridized carbons (Fsp3) is 0.467. The van der Waals surface area contributed by atoms with Crippen LogP contribution in [0.2, 0.25) is 0 Å². The number of nitrogens with zero attached hydrogens (tertiary/aromatic N) is 1. The SMILES string of the molecule is Cc1ccc(F)cc1CN1C(=O)NC2(CCCNC2)C1=O. The van der Waals surface area contributed by atoms with Crippen LogP contribution in [-0.4, -0.2) is 35.5 Å². The van der Waals surface area contributed by atoms with Gasteiger partial charge in [0.2, 0.25) is 0 Å². The Morgan fingerprint density at radius 3 is 2.90 bits per heavy atom. The molecule has 5 nitrogen and oxygen atoms in total. The molecule has 2 N–H and O–H groups in total. The van der Waals surface area contributed by atoms with Crippen LogP contribution in [0.1, 0.15) is 24.0 Å². The second-order valence-electron chi connectivity index (χ2n) is 5.75. The average Bonchev–Trinajstić information content (AvgIpc) is 2.68. The minimum Gasteiger partial charge on any atom is -0.322 e. The maximum Gasteiger partial charge on any atom is 0.325 e. The third kappa shape index (κ3) is 2.40. The first-order valence-corrected chi connectivity index (χ1v) is 7.12. The number of aryl methyl sites for hydroxylation is 1. The Hall–Kier alpha value is -1.95. The van der Waals surface area contributed by atoms with Gasteiger partial charge in [0.1, 0.15) is 11.4 Å². The Bertz CT molecular complexity index is 597. The Labute approximate surface area is 122 Å². The summed E-state index contributed by atoms with van der Waals surface area (Å²) < 4.78 is 13.3. The van der Waals surface area contributed by atoms with E-state index in [1.54, 1.807) is 6.07 Å². The molecular formula is C15H18FN3O2. The van der Waals surface area contributed by atoms with Crippen molar-refractivity contribution in [3.63, 3.8) is 0 Å². The lowest BCUT2D eigenvalue weighted by Crippen LogP contribution is -2.57. The van der Waals surface area contributed by atoms with E-state index in [9.17, 15) is 14.0 Å². The van der Waals surface area contributed by atoms with E-state index >= 15 is 0 Å². The molecule has 2 heterocycles. The Morgan fingerprint density at radius 2 is 2.19 bits per heavy atom. The molecule has 0 radical (unpaired) electrons. The molecule has 3 rings (SSSR count). The third-order valence-electron chi connectivity index (χ3n) is 4.27. The van der Waals surface area contributed by atoms with E-state index in [-0.39, 0.29) is 18.3 Å². The first kappa shape index (κ1) is 14.0. The molecule has 2 fully saturated rings. The van der Waals surface area contributed by atoms with Crippen molar-refractivity contribution in [2.45, 2.75) is 31.8 Å². The monoisotopic (exact) mass is 291 g/mol. The van der Waals surface area contributed by atoms with Gasteiger partial charge in [-0.15, -0.1) is 0 Å². The van der Waals surface area contributed by atoms with Gasteiger partial charge in [-0.1, -0.05) is 6.07 Å². The van der Waals surface area contributed by atoms with Gasteiger partial charge in [-0.3, -0.25) is 9.69 Å². The van der Waals surface area contributed by atoms with Crippen LogP contribution in [0.15, 0.2) is 18.2 Å². The predicted molar refractivity (Wildman–Crippen MR) is 75.1 cm³/mol. The van der Waals surface area contributed by atoms with Crippen LogP contribution in [0.3, 0.4) is 0 Å². The quantitative estimate of drug-likeness (QED) is 0.808. The number of piperidine rings is 1. The standard InChI is InChI=1S/C15H18FN3O2/c1-10-3-4-12(16)7-11(10)8-19-13(20)15(18-14(19)21)5-2-6-17-9-15/h3-4,7,17H,2,5-6,8-9H2,1H3,(H,18,21). The molecule has 2 saturated heterocycles. The summed E-state index contributed by atoms with van der Waals surface area (Å²) in [6.07, 6.45) is 1.49. The molecule has 0 aliphatic carbocycles. The van der Waals surface area contributed by atoms with Crippen LogP contribution in [0.4, 0.5) is 9.18 Å². The fourth-order valence-corrected chi connectivity index (χ4v) is 3.00. The summed E-state index contributed by atoms with van der Waals surface area (Å²) in [6.45, 7) is 3.26. The first-order chi connectivity index (χ1) is 10.0. The molecule has 0 aromatic heterocycles. The summed E-state index contributed by atoms with van der Waals surface area (Å²) in [4.78, 5) is 25.9. The minimum atomic E-state index is -0.823. The normalized spacial score (nSPS) is 25.5. The molecule has 1 atom stereocenters. The molecular weight excluding hydrogens is 273 g/mol. The Morgan fingerprint density at radius 1 is 1.38 bits per heavy atom.